The summed E-state index contributed by atoms with van der Waals surface area (Å²) >= 11 is 0. The second-order valence-electron chi connectivity index (χ2n) is 8.17. The Morgan fingerprint density at radius 3 is 2.48 bits per heavy atom. The summed E-state index contributed by atoms with van der Waals surface area (Å²) in [5, 5.41) is 11.0. The standard InChI is InChI=1S/C25H33N7.HI/c1-2-26-25(29-19-23-11-13-27-24(17-23)32-16-6-12-30-32)28-18-21-7-9-22(10-8-21)20-31-14-4-3-5-15-31;/h6-13,16-17H,2-5,14-15,18-20H2,1H3,(H2,26,28,29);1H. The SMILES string of the molecule is CCNC(=NCc1ccnc(-n2cccn2)c1)NCc1ccc(CN2CCCCC2)cc1.I. The zero-order valence-corrected chi connectivity index (χ0v) is 21.6. The van der Waals surface area contributed by atoms with E-state index in [9.17, 15) is 0 Å². The average Bonchev–Trinajstić information content (AvgIpc) is 3.38. The number of hydrogen-bond acceptors (Lipinski definition) is 4. The predicted molar refractivity (Wildman–Crippen MR) is 144 cm³/mol. The Balaban J connectivity index is 0.00000306. The maximum atomic E-state index is 4.75. The van der Waals surface area contributed by atoms with Gasteiger partial charge in [0.15, 0.2) is 11.8 Å². The molecule has 33 heavy (non-hydrogen) atoms. The number of benzene rings is 1. The monoisotopic (exact) mass is 559 g/mol. The van der Waals surface area contributed by atoms with Crippen molar-refractivity contribution >= 4 is 29.9 Å². The van der Waals surface area contributed by atoms with Crippen molar-refractivity contribution in [2.75, 3.05) is 19.6 Å². The number of hydrogen-bond donors (Lipinski definition) is 2. The maximum absolute atomic E-state index is 4.75. The van der Waals surface area contributed by atoms with Crippen LogP contribution in [0.5, 0.6) is 0 Å². The van der Waals surface area contributed by atoms with E-state index in [-0.39, 0.29) is 24.0 Å². The van der Waals surface area contributed by atoms with Crippen LogP contribution in [0.2, 0.25) is 0 Å². The van der Waals surface area contributed by atoms with Gasteiger partial charge < -0.3 is 10.6 Å². The summed E-state index contributed by atoms with van der Waals surface area (Å²) in [7, 11) is 0. The number of aromatic nitrogens is 3. The van der Waals surface area contributed by atoms with Crippen LogP contribution in [0.1, 0.15) is 42.9 Å². The van der Waals surface area contributed by atoms with Crippen molar-refractivity contribution < 1.29 is 0 Å². The Labute approximate surface area is 213 Å². The van der Waals surface area contributed by atoms with Gasteiger partial charge in [-0.25, -0.2) is 14.7 Å². The molecule has 0 radical (unpaired) electrons. The highest BCUT2D eigenvalue weighted by Gasteiger charge is 2.10. The molecule has 0 amide bonds. The van der Waals surface area contributed by atoms with Crippen molar-refractivity contribution in [3.63, 3.8) is 0 Å². The Kier molecular flexibility index (Phi) is 10.1. The van der Waals surface area contributed by atoms with Gasteiger partial charge in [0.2, 0.25) is 0 Å². The molecule has 0 spiro atoms. The molecule has 1 fully saturated rings. The van der Waals surface area contributed by atoms with Gasteiger partial charge in [0.25, 0.3) is 0 Å². The number of guanidine groups is 1. The number of pyridine rings is 1. The number of likely N-dealkylation sites (tertiary alicyclic amines) is 1. The summed E-state index contributed by atoms with van der Waals surface area (Å²) in [6, 6.07) is 14.8. The van der Waals surface area contributed by atoms with Crippen LogP contribution < -0.4 is 10.6 Å². The third-order valence-electron chi connectivity index (χ3n) is 5.65. The highest BCUT2D eigenvalue weighted by Crippen LogP contribution is 2.14. The minimum Gasteiger partial charge on any atom is -0.357 e. The topological polar surface area (TPSA) is 70.4 Å². The van der Waals surface area contributed by atoms with Crippen LogP contribution in [-0.4, -0.2) is 45.3 Å². The lowest BCUT2D eigenvalue weighted by atomic mass is 10.1. The molecule has 3 aromatic rings. The number of aliphatic imine (C=N–C) groups is 1. The van der Waals surface area contributed by atoms with Gasteiger partial charge in [-0.3, -0.25) is 4.90 Å². The van der Waals surface area contributed by atoms with Crippen molar-refractivity contribution in [2.45, 2.75) is 45.8 Å². The first-order valence-electron chi connectivity index (χ1n) is 11.6. The van der Waals surface area contributed by atoms with Gasteiger partial charge in [0, 0.05) is 38.2 Å². The van der Waals surface area contributed by atoms with Crippen LogP contribution >= 0.6 is 24.0 Å². The molecule has 1 saturated heterocycles. The maximum Gasteiger partial charge on any atom is 0.191 e. The van der Waals surface area contributed by atoms with E-state index >= 15 is 0 Å². The van der Waals surface area contributed by atoms with E-state index in [4.69, 9.17) is 4.99 Å². The lowest BCUT2D eigenvalue weighted by Crippen LogP contribution is -2.36. The second kappa shape index (κ2) is 13.3. The van der Waals surface area contributed by atoms with Crippen molar-refractivity contribution in [1.82, 2.24) is 30.3 Å². The van der Waals surface area contributed by atoms with Gasteiger partial charge in [0.05, 0.1) is 6.54 Å². The summed E-state index contributed by atoms with van der Waals surface area (Å²) < 4.78 is 1.76. The summed E-state index contributed by atoms with van der Waals surface area (Å²) in [5.74, 6) is 1.60. The molecule has 8 heteroatoms. The average molecular weight is 560 g/mol. The molecular weight excluding hydrogens is 525 g/mol. The molecule has 1 aliphatic heterocycles. The number of piperidine rings is 1. The first kappa shape index (κ1) is 25.2. The molecule has 0 unspecified atom stereocenters. The van der Waals surface area contributed by atoms with E-state index in [1.165, 1.54) is 43.5 Å². The Hall–Kier alpha value is -2.46. The number of nitrogens with zero attached hydrogens (tertiary/aromatic N) is 5. The number of nitrogens with one attached hydrogen (secondary N) is 2. The second-order valence-corrected chi connectivity index (χ2v) is 8.17. The predicted octanol–water partition coefficient (Wildman–Crippen LogP) is 4.13. The molecule has 2 aromatic heterocycles. The van der Waals surface area contributed by atoms with Gasteiger partial charge in [-0.1, -0.05) is 30.7 Å². The van der Waals surface area contributed by atoms with Gasteiger partial charge >= 0.3 is 0 Å². The smallest absolute Gasteiger partial charge is 0.191 e. The normalized spacial score (nSPS) is 14.5. The fraction of sp³-hybridized carbons (Fsp3) is 0.400. The largest absolute Gasteiger partial charge is 0.357 e. The van der Waals surface area contributed by atoms with E-state index in [0.717, 1.165) is 37.0 Å². The molecule has 0 saturated carbocycles. The van der Waals surface area contributed by atoms with Gasteiger partial charge in [-0.05, 0) is 67.7 Å². The van der Waals surface area contributed by atoms with Crippen molar-refractivity contribution in [2.24, 2.45) is 4.99 Å². The minimum atomic E-state index is 0. The van der Waals surface area contributed by atoms with Crippen molar-refractivity contribution in [3.05, 3.63) is 77.7 Å². The fourth-order valence-corrected chi connectivity index (χ4v) is 3.92. The fourth-order valence-electron chi connectivity index (χ4n) is 3.92. The molecule has 1 aliphatic rings. The summed E-state index contributed by atoms with van der Waals surface area (Å²) in [5.41, 5.74) is 3.73. The van der Waals surface area contributed by atoms with E-state index in [1.807, 2.05) is 24.4 Å². The number of rotatable bonds is 8. The first-order chi connectivity index (χ1) is 15.8. The van der Waals surface area contributed by atoms with Crippen LogP contribution in [0.15, 0.2) is 66.0 Å². The highest BCUT2D eigenvalue weighted by atomic mass is 127. The third kappa shape index (κ3) is 7.82. The summed E-state index contributed by atoms with van der Waals surface area (Å²) in [6.07, 6.45) is 9.48. The zero-order chi connectivity index (χ0) is 22.0. The van der Waals surface area contributed by atoms with Crippen LogP contribution in [0.4, 0.5) is 0 Å². The highest BCUT2D eigenvalue weighted by molar-refractivity contribution is 14.0. The molecule has 176 valence electrons. The molecular formula is C25H34IN7. The third-order valence-corrected chi connectivity index (χ3v) is 5.65. The minimum absolute atomic E-state index is 0. The lowest BCUT2D eigenvalue weighted by molar-refractivity contribution is 0.221. The molecule has 4 rings (SSSR count). The summed E-state index contributed by atoms with van der Waals surface area (Å²) in [4.78, 5) is 11.7. The van der Waals surface area contributed by atoms with Crippen LogP contribution in [-0.2, 0) is 19.6 Å². The van der Waals surface area contributed by atoms with E-state index < -0.39 is 0 Å². The van der Waals surface area contributed by atoms with E-state index in [2.05, 4.69) is 56.8 Å². The Morgan fingerprint density at radius 1 is 0.970 bits per heavy atom. The van der Waals surface area contributed by atoms with Crippen LogP contribution in [0, 0.1) is 0 Å². The lowest BCUT2D eigenvalue weighted by Gasteiger charge is -2.26. The summed E-state index contributed by atoms with van der Waals surface area (Å²) in [6.45, 7) is 7.72. The van der Waals surface area contributed by atoms with Crippen LogP contribution in [0.3, 0.4) is 0 Å². The van der Waals surface area contributed by atoms with Crippen molar-refractivity contribution in [3.8, 4) is 5.82 Å². The van der Waals surface area contributed by atoms with Gasteiger partial charge in [0.1, 0.15) is 0 Å². The van der Waals surface area contributed by atoms with E-state index in [0.29, 0.717) is 6.54 Å². The first-order valence-corrected chi connectivity index (χ1v) is 11.6. The van der Waals surface area contributed by atoms with Crippen molar-refractivity contribution in [1.29, 1.82) is 0 Å². The van der Waals surface area contributed by atoms with Gasteiger partial charge in [-0.2, -0.15) is 5.10 Å². The molecule has 3 heterocycles. The molecule has 2 N–H and O–H groups in total. The Morgan fingerprint density at radius 2 is 1.76 bits per heavy atom. The van der Waals surface area contributed by atoms with Crippen LogP contribution in [0.25, 0.3) is 5.82 Å². The quantitative estimate of drug-likeness (QED) is 0.247. The molecule has 0 aliphatic carbocycles. The molecule has 7 nitrogen and oxygen atoms in total. The van der Waals surface area contributed by atoms with E-state index in [1.54, 1.807) is 17.1 Å². The number of halogens is 1. The molecule has 1 aromatic carbocycles. The Bertz CT molecular complexity index is 980. The zero-order valence-electron chi connectivity index (χ0n) is 19.3. The molecule has 0 atom stereocenters. The molecule has 0 bridgehead atoms. The van der Waals surface area contributed by atoms with Gasteiger partial charge in [-0.15, -0.1) is 24.0 Å².